The van der Waals surface area contributed by atoms with Crippen molar-refractivity contribution < 1.29 is 41.8 Å². The van der Waals surface area contributed by atoms with E-state index in [9.17, 15) is 9.18 Å². The minimum atomic E-state index is -0.470. The summed E-state index contributed by atoms with van der Waals surface area (Å²) < 4.78 is 21.5. The maximum Gasteiger partial charge on any atom is 0.208 e. The molecule has 0 saturated carbocycles. The average Bonchev–Trinajstić information content (AvgIpc) is 2.51. The van der Waals surface area contributed by atoms with E-state index in [4.69, 9.17) is 4.74 Å². The molecule has 1 heterocycles. The Bertz CT molecular complexity index is 808. The molecule has 2 aromatic rings. The fourth-order valence-electron chi connectivity index (χ4n) is 2.00. The van der Waals surface area contributed by atoms with Crippen molar-refractivity contribution in [1.29, 1.82) is 0 Å². The van der Waals surface area contributed by atoms with Crippen LogP contribution in [0.25, 0.3) is 11.3 Å². The molecule has 0 aliphatic heterocycles. The third-order valence-corrected chi connectivity index (χ3v) is 3.62. The van der Waals surface area contributed by atoms with Crippen molar-refractivity contribution in [3.63, 3.8) is 0 Å². The van der Waals surface area contributed by atoms with Gasteiger partial charge in [0.25, 0.3) is 0 Å². The maximum atomic E-state index is 14.3. The largest absolute Gasteiger partial charge is 0.481 e. The van der Waals surface area contributed by atoms with E-state index < -0.39 is 5.82 Å². The Morgan fingerprint density at radius 3 is 2.78 bits per heavy atom. The smallest absolute Gasteiger partial charge is 0.208 e. The first-order chi connectivity index (χ1) is 10.6. The second-order valence-corrected chi connectivity index (χ2v) is 5.25. The van der Waals surface area contributed by atoms with E-state index in [1.807, 2.05) is 6.92 Å². The van der Waals surface area contributed by atoms with Crippen LogP contribution in [-0.2, 0) is 39.3 Å². The summed E-state index contributed by atoms with van der Waals surface area (Å²) in [4.78, 5) is 12.1. The molecule has 0 N–H and O–H groups in total. The molecule has 0 aliphatic rings. The van der Waals surface area contributed by atoms with E-state index in [1.165, 1.54) is 16.7 Å². The number of hydrogen-bond donors (Lipinski definition) is 0. The van der Waals surface area contributed by atoms with Crippen molar-refractivity contribution in [2.75, 3.05) is 6.61 Å². The summed E-state index contributed by atoms with van der Waals surface area (Å²) in [6.07, 6.45) is 0. The predicted molar refractivity (Wildman–Crippen MR) is 87.3 cm³/mol. The van der Waals surface area contributed by atoms with Gasteiger partial charge in [0.2, 0.25) is 5.56 Å². The first kappa shape index (κ1) is 20.1. The summed E-state index contributed by atoms with van der Waals surface area (Å²) in [5.41, 5.74) is 0.502. The Morgan fingerprint density at radius 1 is 1.43 bits per heavy atom. The van der Waals surface area contributed by atoms with Crippen LogP contribution in [0.2, 0.25) is 0 Å². The zero-order valence-electron chi connectivity index (χ0n) is 12.8. The van der Waals surface area contributed by atoms with Crippen LogP contribution in [0.3, 0.4) is 0 Å². The van der Waals surface area contributed by atoms with E-state index in [0.717, 1.165) is 0 Å². The van der Waals surface area contributed by atoms with Gasteiger partial charge in [-0.25, -0.2) is 4.39 Å². The summed E-state index contributed by atoms with van der Waals surface area (Å²) in [5, 5.41) is 0. The summed E-state index contributed by atoms with van der Waals surface area (Å²) in [6, 6.07) is 8.96. The third kappa shape index (κ3) is 4.76. The van der Waals surface area contributed by atoms with Crippen LogP contribution in [0.1, 0.15) is 13.8 Å². The monoisotopic (exact) mass is 451 g/mol. The molecule has 1 aromatic carbocycles. The standard InChI is InChI=1S/C17H14BrFNO2.Y/c1-3-5-10-22-12-6-7-13(15(19)11-12)16-9-8-14(18)17(21)20(16)4-2;/h6-8,11H,4,10H2,1-2H3;/q-1;. The Hall–Kier alpha value is -0.956. The van der Waals surface area contributed by atoms with Gasteiger partial charge in [0.1, 0.15) is 12.4 Å². The fraction of sp³-hybridized carbons (Fsp3) is 0.235. The van der Waals surface area contributed by atoms with Gasteiger partial charge >= 0.3 is 0 Å². The topological polar surface area (TPSA) is 31.2 Å². The van der Waals surface area contributed by atoms with Crippen LogP contribution < -0.4 is 10.3 Å². The normalized spacial score (nSPS) is 9.57. The van der Waals surface area contributed by atoms with Crippen LogP contribution in [0, 0.1) is 23.7 Å². The Morgan fingerprint density at radius 2 is 2.17 bits per heavy atom. The molecule has 23 heavy (non-hydrogen) atoms. The van der Waals surface area contributed by atoms with Gasteiger partial charge in [-0.1, -0.05) is 17.2 Å². The number of halogens is 2. The molecule has 3 nitrogen and oxygen atoms in total. The van der Waals surface area contributed by atoms with Crippen LogP contribution in [0.5, 0.6) is 5.75 Å². The molecule has 6 heteroatoms. The Balaban J connectivity index is 0.00000264. The number of hydrogen-bond acceptors (Lipinski definition) is 2. The van der Waals surface area contributed by atoms with Gasteiger partial charge in [-0.15, -0.1) is 27.9 Å². The molecule has 0 aliphatic carbocycles. The third-order valence-electron chi connectivity index (χ3n) is 3.05. The van der Waals surface area contributed by atoms with Crippen LogP contribution in [-0.4, -0.2) is 11.2 Å². The summed E-state index contributed by atoms with van der Waals surface area (Å²) in [5.74, 6) is 5.37. The van der Waals surface area contributed by atoms with Crippen molar-refractivity contribution in [2.45, 2.75) is 20.4 Å². The van der Waals surface area contributed by atoms with E-state index in [2.05, 4.69) is 33.8 Å². The first-order valence-corrected chi connectivity index (χ1v) is 7.51. The summed E-state index contributed by atoms with van der Waals surface area (Å²) in [7, 11) is 0. The van der Waals surface area contributed by atoms with Gasteiger partial charge in [-0.3, -0.25) is 4.79 Å². The van der Waals surface area contributed by atoms with E-state index in [1.54, 1.807) is 19.1 Å². The molecular weight excluding hydrogens is 438 g/mol. The summed E-state index contributed by atoms with van der Waals surface area (Å²) in [6.45, 7) is 4.16. The molecular formula is C17H14BrFNO2Y-. The van der Waals surface area contributed by atoms with Gasteiger partial charge in [0.15, 0.2) is 0 Å². The predicted octanol–water partition coefficient (Wildman–Crippen LogP) is 3.64. The average molecular weight is 452 g/mol. The van der Waals surface area contributed by atoms with Crippen LogP contribution in [0.15, 0.2) is 33.5 Å². The first-order valence-electron chi connectivity index (χ1n) is 6.71. The van der Waals surface area contributed by atoms with Gasteiger partial charge in [-0.2, -0.15) is 12.1 Å². The maximum absolute atomic E-state index is 14.3. The van der Waals surface area contributed by atoms with Crippen molar-refractivity contribution >= 4 is 15.9 Å². The van der Waals surface area contributed by atoms with E-state index in [0.29, 0.717) is 28.0 Å². The van der Waals surface area contributed by atoms with Crippen molar-refractivity contribution in [2.24, 2.45) is 0 Å². The number of benzene rings is 1. The van der Waals surface area contributed by atoms with Crippen molar-refractivity contribution in [3.8, 4) is 28.8 Å². The van der Waals surface area contributed by atoms with Gasteiger partial charge in [-0.05, 0) is 24.4 Å². The van der Waals surface area contributed by atoms with Crippen LogP contribution in [0.4, 0.5) is 4.39 Å². The molecule has 0 atom stereocenters. The molecule has 0 amide bonds. The number of ether oxygens (including phenoxy) is 1. The molecule has 1 radical (unpaired) electrons. The zero-order valence-corrected chi connectivity index (χ0v) is 17.2. The minimum Gasteiger partial charge on any atom is -0.481 e. The van der Waals surface area contributed by atoms with Crippen molar-refractivity contribution in [3.05, 3.63) is 51.0 Å². The molecule has 0 saturated heterocycles. The minimum absolute atomic E-state index is 0. The molecule has 0 spiro atoms. The summed E-state index contributed by atoms with van der Waals surface area (Å²) >= 11 is 3.17. The Labute approximate surface area is 168 Å². The molecule has 0 bridgehead atoms. The SMILES string of the molecule is CC#CCOc1ccc(-c2[c-]cc(Br)c(=O)n2CC)c(F)c1.[Y]. The van der Waals surface area contributed by atoms with E-state index >= 15 is 0 Å². The van der Waals surface area contributed by atoms with Gasteiger partial charge in [0, 0.05) is 45.3 Å². The molecule has 0 fully saturated rings. The van der Waals surface area contributed by atoms with Gasteiger partial charge in [0.05, 0.1) is 5.82 Å². The van der Waals surface area contributed by atoms with Crippen molar-refractivity contribution in [1.82, 2.24) is 4.57 Å². The van der Waals surface area contributed by atoms with Crippen LogP contribution >= 0.6 is 15.9 Å². The second-order valence-electron chi connectivity index (χ2n) is 4.39. The van der Waals surface area contributed by atoms with E-state index in [-0.39, 0.29) is 44.9 Å². The Kier molecular flexibility index (Phi) is 8.18. The zero-order chi connectivity index (χ0) is 16.1. The fourth-order valence-corrected chi connectivity index (χ4v) is 2.32. The quantitative estimate of drug-likeness (QED) is 0.525. The molecule has 1 aromatic heterocycles. The molecule has 117 valence electrons. The second kappa shape index (κ2) is 9.37. The molecule has 0 unspecified atom stereocenters. The number of pyridine rings is 1. The molecule has 2 rings (SSSR count). The number of rotatable bonds is 4. The van der Waals surface area contributed by atoms with Gasteiger partial charge < -0.3 is 9.30 Å². The number of nitrogens with zero attached hydrogens (tertiary/aromatic N) is 1. The number of aromatic nitrogens is 1.